The van der Waals surface area contributed by atoms with Crippen molar-refractivity contribution in [3.8, 4) is 5.88 Å². The molecule has 1 aliphatic rings. The van der Waals surface area contributed by atoms with Crippen LogP contribution in [0.1, 0.15) is 79.4 Å². The number of rotatable bonds is 11. The molecule has 8 heteroatoms. The summed E-state index contributed by atoms with van der Waals surface area (Å²) in [5, 5.41) is 16.8. The molecule has 0 spiro atoms. The van der Waals surface area contributed by atoms with E-state index in [9.17, 15) is 5.21 Å². The van der Waals surface area contributed by atoms with Gasteiger partial charge in [0.05, 0.1) is 0 Å². The highest BCUT2D eigenvalue weighted by atomic mass is 16.9. The van der Waals surface area contributed by atoms with Crippen molar-refractivity contribution >= 4 is 17.7 Å². The van der Waals surface area contributed by atoms with Gasteiger partial charge >= 0.3 is 0 Å². The normalized spacial score (nSPS) is 11.7. The molecule has 0 bridgehead atoms. The minimum absolute atomic E-state index is 0.213. The summed E-state index contributed by atoms with van der Waals surface area (Å²) >= 11 is 0. The van der Waals surface area contributed by atoms with Crippen molar-refractivity contribution in [1.82, 2.24) is 4.98 Å². The number of nitrogen functional groups attached to an aromatic ring is 1. The fourth-order valence-electron chi connectivity index (χ4n) is 3.25. The average molecular weight is 545 g/mol. The predicted octanol–water partition coefficient (Wildman–Crippen LogP) is 7.92. The third-order valence-corrected chi connectivity index (χ3v) is 4.71. The zero-order chi connectivity index (χ0) is 30.1. The van der Waals surface area contributed by atoms with Crippen molar-refractivity contribution in [1.29, 1.82) is 5.41 Å². The van der Waals surface area contributed by atoms with Crippen molar-refractivity contribution in [2.45, 2.75) is 75.2 Å². The van der Waals surface area contributed by atoms with Crippen molar-refractivity contribution in [3.63, 3.8) is 0 Å². The molecule has 0 unspecified atom stereocenters. The van der Waals surface area contributed by atoms with E-state index in [-0.39, 0.29) is 13.2 Å². The molecule has 2 aromatic rings. The van der Waals surface area contributed by atoms with E-state index < -0.39 is 4.81 Å². The number of hydrogen-bond acceptors (Lipinski definition) is 7. The van der Waals surface area contributed by atoms with Crippen LogP contribution in [0.4, 0.5) is 11.5 Å². The first-order valence-corrected chi connectivity index (χ1v) is 14.2. The van der Waals surface area contributed by atoms with E-state index in [2.05, 4.69) is 23.7 Å². The van der Waals surface area contributed by atoms with Crippen molar-refractivity contribution in [2.24, 2.45) is 0 Å². The monoisotopic (exact) mass is 544 g/mol. The van der Waals surface area contributed by atoms with E-state index in [1.165, 1.54) is 24.2 Å². The SMILES string of the molecule is CC.CC.CC.CCCN(CCC)c1cc(N)nc(OCCO[N+]2(O)C=CC=C2)c1.Cc1cccc(C=N)c1. The number of pyridine rings is 1. The molecular formula is C31H54N5O3+. The number of nitrogens with zero attached hydrogens (tertiary/aromatic N) is 3. The lowest BCUT2D eigenvalue weighted by atomic mass is 10.2. The average Bonchev–Trinajstić information content (AvgIpc) is 3.40. The van der Waals surface area contributed by atoms with Gasteiger partial charge in [-0.15, -0.1) is 0 Å². The molecular weight excluding hydrogens is 490 g/mol. The Morgan fingerprint density at radius 3 is 2.03 bits per heavy atom. The van der Waals surface area contributed by atoms with Gasteiger partial charge in [-0.3, -0.25) is 0 Å². The Balaban J connectivity index is 0. The zero-order valence-corrected chi connectivity index (χ0v) is 25.8. The molecule has 4 N–H and O–H groups in total. The van der Waals surface area contributed by atoms with Crippen LogP contribution >= 0.6 is 0 Å². The van der Waals surface area contributed by atoms with Gasteiger partial charge in [0.25, 0.3) is 0 Å². The van der Waals surface area contributed by atoms with Gasteiger partial charge in [0.2, 0.25) is 5.88 Å². The summed E-state index contributed by atoms with van der Waals surface area (Å²) in [5.74, 6) is 0.888. The Morgan fingerprint density at radius 1 is 0.949 bits per heavy atom. The van der Waals surface area contributed by atoms with Crippen LogP contribution in [0.5, 0.6) is 5.88 Å². The van der Waals surface area contributed by atoms with E-state index in [0.717, 1.165) is 37.2 Å². The molecule has 3 rings (SSSR count). The molecule has 0 atom stereocenters. The lowest BCUT2D eigenvalue weighted by Gasteiger charge is -2.24. The second-order valence-corrected chi connectivity index (χ2v) is 7.67. The molecule has 0 amide bonds. The number of nitrogens with two attached hydrogens (primary N) is 1. The van der Waals surface area contributed by atoms with Gasteiger partial charge in [-0.25, -0.2) is 0 Å². The number of nitrogens with one attached hydrogen (secondary N) is 1. The van der Waals surface area contributed by atoms with Crippen LogP contribution in [-0.2, 0) is 4.84 Å². The maximum absolute atomic E-state index is 9.91. The summed E-state index contributed by atoms with van der Waals surface area (Å²) in [7, 11) is 0. The number of hydroxylamine groups is 4. The van der Waals surface area contributed by atoms with Gasteiger partial charge < -0.3 is 20.8 Å². The first-order chi connectivity index (χ1) is 18.9. The van der Waals surface area contributed by atoms with E-state index in [1.54, 1.807) is 12.2 Å². The lowest BCUT2D eigenvalue weighted by molar-refractivity contribution is -1.18. The number of hydrogen-bond donors (Lipinski definition) is 3. The fraction of sp³-hybridized carbons (Fsp3) is 0.484. The van der Waals surface area contributed by atoms with Crippen LogP contribution in [0.25, 0.3) is 0 Å². The van der Waals surface area contributed by atoms with Crippen LogP contribution in [0.15, 0.2) is 61.0 Å². The molecule has 1 aromatic carbocycles. The van der Waals surface area contributed by atoms with Crippen LogP contribution in [0.3, 0.4) is 0 Å². The quantitative estimate of drug-likeness (QED) is 0.151. The second kappa shape index (κ2) is 23.9. The smallest absolute Gasteiger partial charge is 0.217 e. The zero-order valence-electron chi connectivity index (χ0n) is 25.8. The summed E-state index contributed by atoms with van der Waals surface area (Å²) in [6.45, 7) is 20.7. The molecule has 0 saturated carbocycles. The van der Waals surface area contributed by atoms with Gasteiger partial charge in [-0.2, -0.15) is 15.0 Å². The lowest BCUT2D eigenvalue weighted by Crippen LogP contribution is -2.33. The molecule has 39 heavy (non-hydrogen) atoms. The number of anilines is 2. The fourth-order valence-corrected chi connectivity index (χ4v) is 3.25. The van der Waals surface area contributed by atoms with Gasteiger partial charge in [0.15, 0.2) is 12.4 Å². The number of ether oxygens (including phenoxy) is 1. The Morgan fingerprint density at radius 2 is 1.54 bits per heavy atom. The van der Waals surface area contributed by atoms with Crippen LogP contribution < -0.4 is 15.4 Å². The summed E-state index contributed by atoms with van der Waals surface area (Å²) in [6, 6.07) is 11.6. The van der Waals surface area contributed by atoms with E-state index >= 15 is 0 Å². The van der Waals surface area contributed by atoms with Gasteiger partial charge in [-0.1, -0.05) is 85.2 Å². The summed E-state index contributed by atoms with van der Waals surface area (Å²) in [5.41, 5.74) is 9.09. The Labute approximate surface area is 237 Å². The molecule has 2 heterocycles. The van der Waals surface area contributed by atoms with Crippen molar-refractivity contribution in [3.05, 3.63) is 72.1 Å². The number of benzene rings is 1. The molecule has 0 aliphatic carbocycles. The highest BCUT2D eigenvalue weighted by Crippen LogP contribution is 2.23. The minimum atomic E-state index is -0.667. The maximum atomic E-state index is 9.91. The van der Waals surface area contributed by atoms with E-state index in [4.69, 9.17) is 20.7 Å². The van der Waals surface area contributed by atoms with Crippen LogP contribution in [-0.4, -0.2) is 47.5 Å². The standard InChI is InChI=1S/C17H27N4O3.C8H9N.3C2H6/c1-3-7-20(8-4-2)15-13-16(18)19-17(14-15)23-11-12-24-21(22)9-5-6-10-21;1-7-3-2-4-8(5-7)6-9;3*1-2/h5-6,9-10,13-14,22H,3-4,7-8,11-12H2,1-2H3,(H2,18,19);2-6,9H,1H3;3*1-2H3/q+1;;;;. The third kappa shape index (κ3) is 16.4. The predicted molar refractivity (Wildman–Crippen MR) is 166 cm³/mol. The topological polar surface area (TPSA) is 105 Å². The van der Waals surface area contributed by atoms with Crippen molar-refractivity contribution < 1.29 is 19.6 Å². The molecule has 1 aliphatic heterocycles. The number of quaternary nitrogens is 1. The molecule has 1 aromatic heterocycles. The molecule has 0 radical (unpaired) electrons. The summed E-state index contributed by atoms with van der Waals surface area (Å²) in [4.78, 5) is 11.1. The van der Waals surface area contributed by atoms with Gasteiger partial charge in [-0.05, 0) is 25.3 Å². The molecule has 8 nitrogen and oxygen atoms in total. The Kier molecular flexibility index (Phi) is 23.2. The largest absolute Gasteiger partial charge is 0.475 e. The van der Waals surface area contributed by atoms with Crippen LogP contribution in [0, 0.1) is 12.3 Å². The minimum Gasteiger partial charge on any atom is -0.475 e. The van der Waals surface area contributed by atoms with Gasteiger partial charge in [0, 0.05) is 54.1 Å². The first-order valence-electron chi connectivity index (χ1n) is 14.2. The number of allylic oxidation sites excluding steroid dienone is 2. The molecule has 0 fully saturated rings. The van der Waals surface area contributed by atoms with Crippen LogP contribution in [0.2, 0.25) is 0 Å². The Hall–Kier alpha value is -3.20. The molecule has 220 valence electrons. The summed E-state index contributed by atoms with van der Waals surface area (Å²) < 4.78 is 5.63. The highest BCUT2D eigenvalue weighted by molar-refractivity contribution is 5.76. The maximum Gasteiger partial charge on any atom is 0.217 e. The second-order valence-electron chi connectivity index (χ2n) is 7.67. The number of aromatic nitrogens is 1. The van der Waals surface area contributed by atoms with E-state index in [1.807, 2.05) is 84.9 Å². The van der Waals surface area contributed by atoms with E-state index in [0.29, 0.717) is 11.7 Å². The first kappa shape index (κ1) is 37.9. The molecule has 0 saturated heterocycles. The van der Waals surface area contributed by atoms with Gasteiger partial charge in [0.1, 0.15) is 19.0 Å². The summed E-state index contributed by atoms with van der Waals surface area (Å²) in [6.07, 6.45) is 9.93. The third-order valence-electron chi connectivity index (χ3n) is 4.71. The van der Waals surface area contributed by atoms with Crippen molar-refractivity contribution in [2.75, 3.05) is 36.9 Å². The highest BCUT2D eigenvalue weighted by Gasteiger charge is 2.24. The number of aryl methyl sites for hydroxylation is 1. The Bertz CT molecular complexity index is 930.